The van der Waals surface area contributed by atoms with Crippen molar-refractivity contribution in [2.75, 3.05) is 6.67 Å². The molecular formula is C24H32F4. The number of hydrogen-bond acceptors (Lipinski definition) is 0. The molecule has 0 aromatic heterocycles. The first-order valence-electron chi connectivity index (χ1n) is 10.9. The van der Waals surface area contributed by atoms with Gasteiger partial charge in [0.25, 0.3) is 0 Å². The second kappa shape index (κ2) is 10.5. The van der Waals surface area contributed by atoms with E-state index in [4.69, 9.17) is 0 Å². The summed E-state index contributed by atoms with van der Waals surface area (Å²) in [6.07, 6.45) is 16.2. The van der Waals surface area contributed by atoms with Crippen molar-refractivity contribution < 1.29 is 17.6 Å². The fraction of sp³-hybridized carbons (Fsp3) is 0.667. The molecule has 0 atom stereocenters. The number of hydrogen-bond donors (Lipinski definition) is 0. The molecule has 2 fully saturated rings. The van der Waals surface area contributed by atoms with E-state index in [1.807, 2.05) is 6.08 Å². The van der Waals surface area contributed by atoms with Crippen LogP contribution in [0.15, 0.2) is 24.3 Å². The highest BCUT2D eigenvalue weighted by Crippen LogP contribution is 2.42. The Morgan fingerprint density at radius 3 is 1.96 bits per heavy atom. The maximum Gasteiger partial charge on any atom is 0.194 e. The smallest absolute Gasteiger partial charge is 0.194 e. The number of rotatable bonds is 7. The Morgan fingerprint density at radius 1 is 0.821 bits per heavy atom. The van der Waals surface area contributed by atoms with Crippen LogP contribution in [-0.4, -0.2) is 6.67 Å². The lowest BCUT2D eigenvalue weighted by Gasteiger charge is -2.37. The molecule has 1 aromatic rings. The predicted molar refractivity (Wildman–Crippen MR) is 105 cm³/mol. The Kier molecular flexibility index (Phi) is 7.99. The lowest BCUT2D eigenvalue weighted by Crippen LogP contribution is -2.25. The minimum Gasteiger partial charge on any atom is -0.251 e. The van der Waals surface area contributed by atoms with Crippen LogP contribution in [-0.2, 0) is 6.42 Å². The van der Waals surface area contributed by atoms with Gasteiger partial charge < -0.3 is 0 Å². The summed E-state index contributed by atoms with van der Waals surface area (Å²) in [5.74, 6) is -0.678. The topological polar surface area (TPSA) is 0 Å². The lowest BCUT2D eigenvalue weighted by molar-refractivity contribution is 0.152. The average Bonchev–Trinajstić information content (AvgIpc) is 2.71. The maximum atomic E-state index is 13.3. The van der Waals surface area contributed by atoms with Crippen LogP contribution in [0.1, 0.15) is 69.8 Å². The number of benzene rings is 1. The Labute approximate surface area is 166 Å². The van der Waals surface area contributed by atoms with Crippen molar-refractivity contribution in [2.24, 2.45) is 23.7 Å². The summed E-state index contributed by atoms with van der Waals surface area (Å²) in [7, 11) is 0. The molecule has 1 aromatic carbocycles. The molecule has 0 amide bonds. The van der Waals surface area contributed by atoms with Crippen molar-refractivity contribution in [1.29, 1.82) is 0 Å². The molecule has 0 unspecified atom stereocenters. The zero-order chi connectivity index (χ0) is 19.9. The zero-order valence-electron chi connectivity index (χ0n) is 16.6. The molecule has 4 heteroatoms. The molecular weight excluding hydrogens is 364 g/mol. The third kappa shape index (κ3) is 5.84. The van der Waals surface area contributed by atoms with Gasteiger partial charge in [-0.2, -0.15) is 0 Å². The predicted octanol–water partition coefficient (Wildman–Crippen LogP) is 7.57. The molecule has 0 heterocycles. The minimum atomic E-state index is -1.38. The first-order chi connectivity index (χ1) is 13.6. The van der Waals surface area contributed by atoms with Gasteiger partial charge in [-0.1, -0.05) is 25.0 Å². The first-order valence-corrected chi connectivity index (χ1v) is 10.9. The van der Waals surface area contributed by atoms with Gasteiger partial charge in [-0.25, -0.2) is 13.2 Å². The highest BCUT2D eigenvalue weighted by atomic mass is 19.2. The van der Waals surface area contributed by atoms with Gasteiger partial charge >= 0.3 is 0 Å². The molecule has 2 saturated carbocycles. The van der Waals surface area contributed by atoms with Crippen LogP contribution in [0.3, 0.4) is 0 Å². The second-order valence-electron chi connectivity index (χ2n) is 8.77. The van der Waals surface area contributed by atoms with Crippen molar-refractivity contribution in [1.82, 2.24) is 0 Å². The highest BCUT2D eigenvalue weighted by molar-refractivity contribution is 5.19. The molecule has 28 heavy (non-hydrogen) atoms. The van der Waals surface area contributed by atoms with E-state index < -0.39 is 17.5 Å². The molecule has 0 N–H and O–H groups in total. The third-order valence-electron chi connectivity index (χ3n) is 6.94. The first kappa shape index (κ1) is 21.4. The van der Waals surface area contributed by atoms with Crippen LogP contribution in [0.2, 0.25) is 0 Å². The van der Waals surface area contributed by atoms with E-state index in [9.17, 15) is 17.6 Å². The molecule has 2 aliphatic carbocycles. The van der Waals surface area contributed by atoms with Crippen molar-refractivity contribution in [3.05, 3.63) is 47.3 Å². The van der Waals surface area contributed by atoms with Gasteiger partial charge in [0.2, 0.25) is 0 Å². The Balaban J connectivity index is 1.38. The molecule has 0 spiro atoms. The third-order valence-corrected chi connectivity index (χ3v) is 6.94. The normalized spacial score (nSPS) is 28.7. The average molecular weight is 397 g/mol. The highest BCUT2D eigenvalue weighted by Gasteiger charge is 2.30. The Hall–Kier alpha value is -1.32. The van der Waals surface area contributed by atoms with E-state index in [1.54, 1.807) is 0 Å². The van der Waals surface area contributed by atoms with Gasteiger partial charge in [-0.05, 0) is 99.2 Å². The van der Waals surface area contributed by atoms with Crippen LogP contribution < -0.4 is 0 Å². The van der Waals surface area contributed by atoms with Crippen molar-refractivity contribution in [3.63, 3.8) is 0 Å². The summed E-state index contributed by atoms with van der Waals surface area (Å²) >= 11 is 0. The zero-order valence-corrected chi connectivity index (χ0v) is 16.6. The lowest BCUT2D eigenvalue weighted by atomic mass is 9.68. The van der Waals surface area contributed by atoms with E-state index >= 15 is 0 Å². The molecule has 0 saturated heterocycles. The van der Waals surface area contributed by atoms with E-state index in [1.165, 1.54) is 51.4 Å². The fourth-order valence-electron chi connectivity index (χ4n) is 5.23. The van der Waals surface area contributed by atoms with Gasteiger partial charge in [0.05, 0.1) is 6.67 Å². The van der Waals surface area contributed by atoms with Crippen LogP contribution in [0, 0.1) is 41.1 Å². The molecule has 156 valence electrons. The van der Waals surface area contributed by atoms with Gasteiger partial charge in [-0.15, -0.1) is 0 Å². The van der Waals surface area contributed by atoms with Gasteiger partial charge in [0.15, 0.2) is 17.5 Å². The van der Waals surface area contributed by atoms with Crippen molar-refractivity contribution in [2.45, 2.75) is 70.6 Å². The Morgan fingerprint density at radius 2 is 1.39 bits per heavy atom. The van der Waals surface area contributed by atoms with Gasteiger partial charge in [0, 0.05) is 0 Å². The van der Waals surface area contributed by atoms with Crippen LogP contribution in [0.4, 0.5) is 17.6 Å². The van der Waals surface area contributed by atoms with E-state index in [0.717, 1.165) is 30.4 Å². The molecule has 3 rings (SSSR count). The van der Waals surface area contributed by atoms with E-state index in [-0.39, 0.29) is 6.67 Å². The quantitative estimate of drug-likeness (QED) is 0.253. The molecule has 0 radical (unpaired) electrons. The summed E-state index contributed by atoms with van der Waals surface area (Å²) in [5.41, 5.74) is 0.553. The van der Waals surface area contributed by atoms with Gasteiger partial charge in [0.1, 0.15) is 0 Å². The number of halogens is 4. The number of aryl methyl sites for hydroxylation is 1. The standard InChI is InChI=1S/C24H32F4/c25-14-2-1-3-17-6-10-20(11-7-17)21-12-8-18(9-13-21)4-5-19-15-22(26)24(28)23(27)16-19/h1,3,15-18,20-21H,2,4-14H2/t17-,18-,20-,21-. The van der Waals surface area contributed by atoms with Crippen LogP contribution in [0.25, 0.3) is 0 Å². The number of alkyl halides is 1. The van der Waals surface area contributed by atoms with Crippen molar-refractivity contribution >= 4 is 0 Å². The summed E-state index contributed by atoms with van der Waals surface area (Å²) < 4.78 is 51.9. The summed E-state index contributed by atoms with van der Waals surface area (Å²) in [6.45, 7) is -0.264. The van der Waals surface area contributed by atoms with Crippen LogP contribution >= 0.6 is 0 Å². The molecule has 0 aliphatic heterocycles. The summed E-state index contributed by atoms with van der Waals surface area (Å²) in [6, 6.07) is 2.26. The molecule has 2 aliphatic rings. The monoisotopic (exact) mass is 396 g/mol. The molecule has 0 nitrogen and oxygen atoms in total. The van der Waals surface area contributed by atoms with Crippen molar-refractivity contribution in [3.8, 4) is 0 Å². The minimum absolute atomic E-state index is 0.264. The fourth-order valence-corrected chi connectivity index (χ4v) is 5.23. The van der Waals surface area contributed by atoms with Crippen LogP contribution in [0.5, 0.6) is 0 Å². The largest absolute Gasteiger partial charge is 0.251 e. The van der Waals surface area contributed by atoms with E-state index in [0.29, 0.717) is 30.2 Å². The van der Waals surface area contributed by atoms with Gasteiger partial charge in [-0.3, -0.25) is 4.39 Å². The second-order valence-corrected chi connectivity index (χ2v) is 8.77. The summed E-state index contributed by atoms with van der Waals surface area (Å²) in [5, 5.41) is 0. The molecule has 0 bridgehead atoms. The van der Waals surface area contributed by atoms with E-state index in [2.05, 4.69) is 6.08 Å². The summed E-state index contributed by atoms with van der Waals surface area (Å²) in [4.78, 5) is 0. The Bertz CT molecular complexity index is 615. The maximum absolute atomic E-state index is 13.3. The number of allylic oxidation sites excluding steroid dienone is 2. The SMILES string of the molecule is FCCC=C[C@H]1CC[C@H]([C@H]2CC[C@H](CCc3cc(F)c(F)c(F)c3)CC2)CC1.